The topological polar surface area (TPSA) is 62.6 Å². The van der Waals surface area contributed by atoms with Gasteiger partial charge in [0.1, 0.15) is 0 Å². The van der Waals surface area contributed by atoms with E-state index in [2.05, 4.69) is 5.32 Å². The van der Waals surface area contributed by atoms with Gasteiger partial charge in [0, 0.05) is 26.1 Å². The molecule has 0 unspecified atom stereocenters. The van der Waals surface area contributed by atoms with Crippen LogP contribution in [-0.2, 0) is 4.79 Å². The van der Waals surface area contributed by atoms with Crippen molar-refractivity contribution in [3.8, 4) is 0 Å². The van der Waals surface area contributed by atoms with Crippen LogP contribution >= 0.6 is 0 Å². The highest BCUT2D eigenvalue weighted by atomic mass is 19.4. The third-order valence-electron chi connectivity index (χ3n) is 3.61. The second kappa shape index (κ2) is 6.85. The molecule has 5 nitrogen and oxygen atoms in total. The van der Waals surface area contributed by atoms with Gasteiger partial charge in [-0.3, -0.25) is 9.59 Å². The van der Waals surface area contributed by atoms with E-state index in [9.17, 15) is 22.8 Å². The molecular weight excluding hydrogens is 301 g/mol. The van der Waals surface area contributed by atoms with Crippen LogP contribution in [0.15, 0.2) is 22.8 Å². The van der Waals surface area contributed by atoms with E-state index in [0.717, 1.165) is 0 Å². The van der Waals surface area contributed by atoms with Gasteiger partial charge < -0.3 is 14.6 Å². The number of hydrogen-bond acceptors (Lipinski definition) is 3. The molecule has 0 saturated carbocycles. The zero-order valence-corrected chi connectivity index (χ0v) is 11.9. The van der Waals surface area contributed by atoms with Gasteiger partial charge in [0.15, 0.2) is 5.76 Å². The molecule has 1 aliphatic rings. The number of likely N-dealkylation sites (tertiary alicyclic amines) is 1. The third-order valence-corrected chi connectivity index (χ3v) is 3.61. The molecule has 122 valence electrons. The maximum absolute atomic E-state index is 12.7. The first-order valence-corrected chi connectivity index (χ1v) is 7.04. The number of rotatable bonds is 4. The van der Waals surface area contributed by atoms with Crippen molar-refractivity contribution in [3.63, 3.8) is 0 Å². The predicted molar refractivity (Wildman–Crippen MR) is 71.0 cm³/mol. The van der Waals surface area contributed by atoms with E-state index in [1.165, 1.54) is 17.2 Å². The lowest BCUT2D eigenvalue weighted by molar-refractivity contribution is -0.188. The van der Waals surface area contributed by atoms with Gasteiger partial charge in [-0.25, -0.2) is 0 Å². The molecule has 2 amide bonds. The molecule has 22 heavy (non-hydrogen) atoms. The molecule has 8 heteroatoms. The zero-order valence-electron chi connectivity index (χ0n) is 11.9. The first-order chi connectivity index (χ1) is 10.4. The van der Waals surface area contributed by atoms with E-state index < -0.39 is 18.0 Å². The van der Waals surface area contributed by atoms with Gasteiger partial charge in [0.25, 0.3) is 5.91 Å². The summed E-state index contributed by atoms with van der Waals surface area (Å²) in [5.41, 5.74) is 0. The molecule has 0 aromatic carbocycles. The van der Waals surface area contributed by atoms with Gasteiger partial charge in [-0.05, 0) is 25.0 Å². The minimum atomic E-state index is -4.27. The molecule has 0 aliphatic carbocycles. The molecule has 1 aliphatic heterocycles. The monoisotopic (exact) mass is 318 g/mol. The number of furan rings is 1. The molecular formula is C14H17F3N2O3. The molecule has 1 fully saturated rings. The van der Waals surface area contributed by atoms with Crippen LogP contribution < -0.4 is 5.32 Å². The van der Waals surface area contributed by atoms with Crippen molar-refractivity contribution in [2.45, 2.75) is 25.4 Å². The lowest BCUT2D eigenvalue weighted by atomic mass is 9.97. The number of piperidine rings is 1. The third kappa shape index (κ3) is 4.25. The number of nitrogens with zero attached hydrogens (tertiary/aromatic N) is 1. The second-order valence-electron chi connectivity index (χ2n) is 5.20. The number of carbonyl (C=O) groups excluding carboxylic acids is 2. The normalized spacial score (nSPS) is 19.0. The molecule has 1 atom stereocenters. The van der Waals surface area contributed by atoms with Crippen molar-refractivity contribution >= 4 is 11.8 Å². The van der Waals surface area contributed by atoms with Gasteiger partial charge in [0.2, 0.25) is 5.91 Å². The fourth-order valence-corrected chi connectivity index (χ4v) is 2.41. The molecule has 0 spiro atoms. The Morgan fingerprint density at radius 1 is 1.41 bits per heavy atom. The summed E-state index contributed by atoms with van der Waals surface area (Å²) >= 11 is 0. The Morgan fingerprint density at radius 2 is 2.18 bits per heavy atom. The maximum atomic E-state index is 12.7. The van der Waals surface area contributed by atoms with Crippen molar-refractivity contribution in [1.82, 2.24) is 10.2 Å². The molecule has 1 aromatic heterocycles. The van der Waals surface area contributed by atoms with Gasteiger partial charge >= 0.3 is 6.18 Å². The summed E-state index contributed by atoms with van der Waals surface area (Å²) in [5.74, 6) is -2.16. The summed E-state index contributed by atoms with van der Waals surface area (Å²) in [6, 6.07) is 3.04. The first kappa shape index (κ1) is 16.4. The smallest absolute Gasteiger partial charge is 0.393 e. The van der Waals surface area contributed by atoms with E-state index in [0.29, 0.717) is 13.0 Å². The fourth-order valence-electron chi connectivity index (χ4n) is 2.41. The summed E-state index contributed by atoms with van der Waals surface area (Å²) in [5, 5.41) is 2.49. The van der Waals surface area contributed by atoms with E-state index in [4.69, 9.17) is 4.42 Å². The van der Waals surface area contributed by atoms with Crippen molar-refractivity contribution in [3.05, 3.63) is 24.2 Å². The van der Waals surface area contributed by atoms with Crippen molar-refractivity contribution < 1.29 is 27.2 Å². The Morgan fingerprint density at radius 3 is 2.82 bits per heavy atom. The van der Waals surface area contributed by atoms with E-state index in [1.807, 2.05) is 0 Å². The highest BCUT2D eigenvalue weighted by molar-refractivity contribution is 5.91. The SMILES string of the molecule is O=C(NCCC(=O)N1CCC[C@H](C(F)(F)F)C1)c1ccco1. The zero-order chi connectivity index (χ0) is 16.2. The van der Waals surface area contributed by atoms with Crippen molar-refractivity contribution in [1.29, 1.82) is 0 Å². The minimum Gasteiger partial charge on any atom is -0.459 e. The van der Waals surface area contributed by atoms with Gasteiger partial charge in [0.05, 0.1) is 12.2 Å². The van der Waals surface area contributed by atoms with Crippen LogP contribution in [0.5, 0.6) is 0 Å². The Kier molecular flexibility index (Phi) is 5.10. The highest BCUT2D eigenvalue weighted by Crippen LogP contribution is 2.33. The van der Waals surface area contributed by atoms with E-state index in [-0.39, 0.29) is 37.6 Å². The maximum Gasteiger partial charge on any atom is 0.393 e. The number of hydrogen-bond donors (Lipinski definition) is 1. The van der Waals surface area contributed by atoms with Crippen LogP contribution in [0.3, 0.4) is 0 Å². The van der Waals surface area contributed by atoms with Gasteiger partial charge in [-0.15, -0.1) is 0 Å². The molecule has 1 saturated heterocycles. The van der Waals surface area contributed by atoms with Crippen LogP contribution in [0, 0.1) is 5.92 Å². The van der Waals surface area contributed by atoms with Gasteiger partial charge in [-0.2, -0.15) is 13.2 Å². The van der Waals surface area contributed by atoms with Crippen molar-refractivity contribution in [2.24, 2.45) is 5.92 Å². The Balaban J connectivity index is 1.76. The molecule has 0 radical (unpaired) electrons. The molecule has 2 heterocycles. The number of carbonyl (C=O) groups is 2. The molecule has 1 aromatic rings. The summed E-state index contributed by atoms with van der Waals surface area (Å²) in [6.07, 6.45) is -2.55. The highest BCUT2D eigenvalue weighted by Gasteiger charge is 2.42. The first-order valence-electron chi connectivity index (χ1n) is 7.04. The number of halogens is 3. The molecule has 0 bridgehead atoms. The number of nitrogens with one attached hydrogen (secondary N) is 1. The largest absolute Gasteiger partial charge is 0.459 e. The average molecular weight is 318 g/mol. The Labute approximate surface area is 125 Å². The number of alkyl halides is 3. The fraction of sp³-hybridized carbons (Fsp3) is 0.571. The van der Waals surface area contributed by atoms with Crippen LogP contribution in [0.4, 0.5) is 13.2 Å². The lowest BCUT2D eigenvalue weighted by Crippen LogP contribution is -2.45. The summed E-state index contributed by atoms with van der Waals surface area (Å²) < 4.78 is 43.0. The summed E-state index contributed by atoms with van der Waals surface area (Å²) in [7, 11) is 0. The summed E-state index contributed by atoms with van der Waals surface area (Å²) in [4.78, 5) is 24.7. The summed E-state index contributed by atoms with van der Waals surface area (Å²) in [6.45, 7) is 0.0948. The predicted octanol–water partition coefficient (Wildman–Crippen LogP) is 2.20. The van der Waals surface area contributed by atoms with Crippen LogP contribution in [-0.4, -0.2) is 42.5 Å². The average Bonchev–Trinajstić information content (AvgIpc) is 3.00. The van der Waals surface area contributed by atoms with Gasteiger partial charge in [-0.1, -0.05) is 0 Å². The quantitative estimate of drug-likeness (QED) is 0.926. The molecule has 1 N–H and O–H groups in total. The minimum absolute atomic E-state index is 0.0307. The van der Waals surface area contributed by atoms with Crippen LogP contribution in [0.1, 0.15) is 29.8 Å². The second-order valence-corrected chi connectivity index (χ2v) is 5.20. The van der Waals surface area contributed by atoms with Crippen molar-refractivity contribution in [2.75, 3.05) is 19.6 Å². The van der Waals surface area contributed by atoms with Crippen LogP contribution in [0.2, 0.25) is 0 Å². The van der Waals surface area contributed by atoms with Crippen LogP contribution in [0.25, 0.3) is 0 Å². The number of amides is 2. The Hall–Kier alpha value is -1.99. The Bertz CT molecular complexity index is 514. The standard InChI is InChI=1S/C14H17F3N2O3/c15-14(16,17)10-3-1-7-19(9-10)12(20)5-6-18-13(21)11-4-2-8-22-11/h2,4,8,10H,1,3,5-7,9H2,(H,18,21)/t10-/m0/s1. The van der Waals surface area contributed by atoms with E-state index in [1.54, 1.807) is 6.07 Å². The molecule has 2 rings (SSSR count). The lowest BCUT2D eigenvalue weighted by Gasteiger charge is -2.33. The van der Waals surface area contributed by atoms with E-state index >= 15 is 0 Å².